The van der Waals surface area contributed by atoms with Crippen LogP contribution in [0.1, 0.15) is 65.4 Å². The highest BCUT2D eigenvalue weighted by Gasteiger charge is 2.35. The van der Waals surface area contributed by atoms with Crippen LogP contribution in [0.2, 0.25) is 0 Å². The summed E-state index contributed by atoms with van der Waals surface area (Å²) >= 11 is 0. The zero-order valence-corrected chi connectivity index (χ0v) is 24.5. The van der Waals surface area contributed by atoms with Crippen molar-refractivity contribution in [2.75, 3.05) is 60.0 Å². The third-order valence-corrected chi connectivity index (χ3v) is 9.01. The summed E-state index contributed by atoms with van der Waals surface area (Å²) in [5.74, 6) is -0.128. The number of piperazine rings is 1. The average Bonchev–Trinajstić information content (AvgIpc) is 3.29. The van der Waals surface area contributed by atoms with Crippen molar-refractivity contribution in [1.82, 2.24) is 4.90 Å². The van der Waals surface area contributed by atoms with Gasteiger partial charge in [-0.25, -0.2) is 4.79 Å². The normalized spacial score (nSPS) is 25.5. The monoisotopic (exact) mass is 543 g/mol. The number of esters is 1. The fraction of sp³-hybridized carbons (Fsp3) is 0.645. The third kappa shape index (κ3) is 6.64. The molecular formula is C31H47N2O6+. The van der Waals surface area contributed by atoms with E-state index in [1.807, 2.05) is 19.9 Å². The first-order valence-corrected chi connectivity index (χ1v) is 14.3. The van der Waals surface area contributed by atoms with E-state index >= 15 is 0 Å². The van der Waals surface area contributed by atoms with E-state index in [1.54, 1.807) is 7.11 Å². The van der Waals surface area contributed by atoms with Gasteiger partial charge < -0.3 is 28.9 Å². The van der Waals surface area contributed by atoms with Gasteiger partial charge in [0.15, 0.2) is 6.29 Å². The molecule has 0 spiro atoms. The minimum atomic E-state index is -0.616. The second kappa shape index (κ2) is 12.6. The van der Waals surface area contributed by atoms with Crippen LogP contribution in [0.15, 0.2) is 29.4 Å². The molecule has 1 aromatic rings. The summed E-state index contributed by atoms with van der Waals surface area (Å²) in [5.41, 5.74) is 6.49. The van der Waals surface area contributed by atoms with E-state index in [1.165, 1.54) is 0 Å². The molecule has 8 nitrogen and oxygen atoms in total. The van der Waals surface area contributed by atoms with Crippen LogP contribution in [0.4, 0.5) is 0 Å². The van der Waals surface area contributed by atoms with Gasteiger partial charge in [0.05, 0.1) is 38.4 Å². The molecule has 0 amide bonds. The molecule has 0 saturated carbocycles. The molecule has 39 heavy (non-hydrogen) atoms. The van der Waals surface area contributed by atoms with E-state index in [4.69, 9.17) is 14.2 Å². The number of methoxy groups -OCH3 is 1. The molecule has 0 radical (unpaired) electrons. The van der Waals surface area contributed by atoms with E-state index in [-0.39, 0.29) is 24.8 Å². The smallest absolute Gasteiger partial charge is 0.338 e. The first kappa shape index (κ1) is 29.9. The van der Waals surface area contributed by atoms with Crippen molar-refractivity contribution in [3.8, 4) is 0 Å². The Morgan fingerprint density at radius 2 is 1.90 bits per heavy atom. The summed E-state index contributed by atoms with van der Waals surface area (Å²) < 4.78 is 17.5. The fourth-order valence-electron chi connectivity index (χ4n) is 6.37. The maximum atomic E-state index is 12.0. The molecule has 4 unspecified atom stereocenters. The number of aliphatic hydroxyl groups is 2. The SMILES string of the molecule is CCC1C=CC(C(O)CN2CC[N+](C)(CC(O)c3c(C)cc4c(c3C)COC4=O)CC2)=C(C)CCOC1OC. The Bertz CT molecular complexity index is 1100. The predicted octanol–water partition coefficient (Wildman–Crippen LogP) is 3.42. The number of hydrogen-bond donors (Lipinski definition) is 2. The van der Waals surface area contributed by atoms with Crippen LogP contribution in [0.25, 0.3) is 0 Å². The van der Waals surface area contributed by atoms with E-state index in [0.29, 0.717) is 25.3 Å². The van der Waals surface area contributed by atoms with Crippen LogP contribution in [0.3, 0.4) is 0 Å². The molecule has 2 N–H and O–H groups in total. The van der Waals surface area contributed by atoms with Crippen LogP contribution in [0.5, 0.6) is 0 Å². The summed E-state index contributed by atoms with van der Waals surface area (Å²) in [6.07, 6.45) is 4.43. The lowest BCUT2D eigenvalue weighted by atomic mass is 9.90. The van der Waals surface area contributed by atoms with Crippen molar-refractivity contribution in [1.29, 1.82) is 0 Å². The first-order valence-electron chi connectivity index (χ1n) is 14.3. The fourth-order valence-corrected chi connectivity index (χ4v) is 6.37. The Labute approximate surface area is 233 Å². The highest BCUT2D eigenvalue weighted by atomic mass is 16.7. The second-order valence-corrected chi connectivity index (χ2v) is 11.8. The summed E-state index contributed by atoms with van der Waals surface area (Å²) in [6, 6.07) is 1.86. The van der Waals surface area contributed by atoms with Crippen molar-refractivity contribution in [3.05, 3.63) is 57.2 Å². The molecule has 0 aliphatic carbocycles. The Hall–Kier alpha value is -2.07. The molecule has 4 rings (SSSR count). The van der Waals surface area contributed by atoms with Crippen LogP contribution in [-0.4, -0.2) is 98.0 Å². The minimum absolute atomic E-state index is 0.147. The maximum Gasteiger partial charge on any atom is 0.338 e. The zero-order chi connectivity index (χ0) is 28.3. The molecule has 0 aromatic heterocycles. The number of rotatable bonds is 8. The molecule has 3 aliphatic heterocycles. The van der Waals surface area contributed by atoms with Crippen LogP contribution < -0.4 is 0 Å². The van der Waals surface area contributed by atoms with Crippen molar-refractivity contribution in [3.63, 3.8) is 0 Å². The molecule has 4 atom stereocenters. The lowest BCUT2D eigenvalue weighted by molar-refractivity contribution is -0.917. The second-order valence-electron chi connectivity index (χ2n) is 11.8. The van der Waals surface area contributed by atoms with E-state index in [0.717, 1.165) is 76.9 Å². The number of aryl methyl sites for hydroxylation is 1. The van der Waals surface area contributed by atoms with Gasteiger partial charge in [-0.1, -0.05) is 24.6 Å². The first-order chi connectivity index (χ1) is 18.6. The number of quaternary nitrogens is 1. The number of hydrogen-bond acceptors (Lipinski definition) is 7. The number of benzene rings is 1. The number of nitrogens with zero attached hydrogens (tertiary/aromatic N) is 2. The van der Waals surface area contributed by atoms with Crippen LogP contribution in [0, 0.1) is 19.8 Å². The molecule has 3 aliphatic rings. The number of ether oxygens (including phenoxy) is 3. The van der Waals surface area contributed by atoms with E-state index < -0.39 is 12.2 Å². The van der Waals surface area contributed by atoms with Crippen molar-refractivity contribution < 1.29 is 33.7 Å². The number of cyclic esters (lactones) is 1. The lowest BCUT2D eigenvalue weighted by Gasteiger charge is -2.43. The molecule has 3 heterocycles. The topological polar surface area (TPSA) is 88.5 Å². The Morgan fingerprint density at radius 1 is 1.18 bits per heavy atom. The molecule has 1 fully saturated rings. The summed E-state index contributed by atoms with van der Waals surface area (Å²) in [5, 5.41) is 22.6. The van der Waals surface area contributed by atoms with Crippen molar-refractivity contribution in [2.45, 2.75) is 65.6 Å². The molecule has 216 valence electrons. The molecule has 0 bridgehead atoms. The van der Waals surface area contributed by atoms with E-state index in [9.17, 15) is 15.0 Å². The van der Waals surface area contributed by atoms with Gasteiger partial charge in [-0.05, 0) is 61.9 Å². The van der Waals surface area contributed by atoms with Gasteiger partial charge in [0.25, 0.3) is 0 Å². The van der Waals surface area contributed by atoms with Gasteiger partial charge in [0.2, 0.25) is 0 Å². The number of likely N-dealkylation sites (N-methyl/N-ethyl adjacent to an activating group) is 1. The number of β-amino-alcohol motifs (C(OH)–C–C–N with tert-alkyl or cyclic N) is 1. The quantitative estimate of drug-likeness (QED) is 0.384. The highest BCUT2D eigenvalue weighted by molar-refractivity contribution is 5.94. The molecule has 8 heteroatoms. The largest absolute Gasteiger partial charge is 0.457 e. The highest BCUT2D eigenvalue weighted by Crippen LogP contribution is 2.33. The van der Waals surface area contributed by atoms with Crippen LogP contribution in [-0.2, 0) is 20.8 Å². The van der Waals surface area contributed by atoms with Crippen molar-refractivity contribution >= 4 is 5.97 Å². The number of carbonyl (C=O) groups excluding carboxylic acids is 1. The van der Waals surface area contributed by atoms with Gasteiger partial charge >= 0.3 is 5.97 Å². The Morgan fingerprint density at radius 3 is 2.56 bits per heavy atom. The predicted molar refractivity (Wildman–Crippen MR) is 150 cm³/mol. The standard InChI is InChI=1S/C31H47N2O6/c1-7-23-8-9-24(20(2)10-15-38-31(23)37-6)27(34)17-32-11-13-33(5,14-12-32)18-28(35)29-21(3)16-25-26(22(29)4)19-39-30(25)36/h8-9,16,23,27-28,31,34-35H,7,10-15,17-19H2,1-6H3/q+1. The van der Waals surface area contributed by atoms with Gasteiger partial charge in [-0.2, -0.15) is 0 Å². The van der Waals surface area contributed by atoms with Gasteiger partial charge in [-0.3, -0.25) is 4.90 Å². The third-order valence-electron chi connectivity index (χ3n) is 9.01. The van der Waals surface area contributed by atoms with Crippen LogP contribution >= 0.6 is 0 Å². The molecule has 1 saturated heterocycles. The molecular weight excluding hydrogens is 496 g/mol. The number of carbonyl (C=O) groups is 1. The number of fused-ring (bicyclic) bond motifs is 1. The Kier molecular flexibility index (Phi) is 9.68. The molecule has 1 aromatic carbocycles. The number of aliphatic hydroxyl groups excluding tert-OH is 2. The van der Waals surface area contributed by atoms with Gasteiger partial charge in [0, 0.05) is 38.2 Å². The average molecular weight is 544 g/mol. The van der Waals surface area contributed by atoms with E-state index in [2.05, 4.69) is 37.9 Å². The zero-order valence-electron chi connectivity index (χ0n) is 24.5. The summed E-state index contributed by atoms with van der Waals surface area (Å²) in [6.45, 7) is 13.7. The van der Waals surface area contributed by atoms with Crippen molar-refractivity contribution in [2.24, 2.45) is 5.92 Å². The minimum Gasteiger partial charge on any atom is -0.457 e. The summed E-state index contributed by atoms with van der Waals surface area (Å²) in [7, 11) is 3.88. The van der Waals surface area contributed by atoms with Gasteiger partial charge in [-0.15, -0.1) is 0 Å². The lowest BCUT2D eigenvalue weighted by Crippen LogP contribution is -2.59. The Balaban J connectivity index is 1.37. The maximum absolute atomic E-state index is 12.0. The van der Waals surface area contributed by atoms with Gasteiger partial charge in [0.1, 0.15) is 19.3 Å². The summed E-state index contributed by atoms with van der Waals surface area (Å²) in [4.78, 5) is 14.4.